The lowest BCUT2D eigenvalue weighted by molar-refractivity contribution is 0.304. The molecule has 0 spiro atoms. The summed E-state index contributed by atoms with van der Waals surface area (Å²) >= 11 is 1.46. The quantitative estimate of drug-likeness (QED) is 0.731. The first-order chi connectivity index (χ1) is 10.8. The number of aliphatic hydroxyl groups excluding tert-OH is 1. The van der Waals surface area contributed by atoms with Crippen molar-refractivity contribution in [3.05, 3.63) is 42.7 Å². The van der Waals surface area contributed by atoms with E-state index < -0.39 is 0 Å². The summed E-state index contributed by atoms with van der Waals surface area (Å²) in [6.07, 6.45) is 3.49. The zero-order valence-corrected chi connectivity index (χ0v) is 12.9. The van der Waals surface area contributed by atoms with Gasteiger partial charge >= 0.3 is 0 Å². The standard InChI is InChI=1S/C15H15N5OS/c1-20(8-9-21)12-4-2-11(3-5-12)18-19-15-17-13-6-7-16-10-14(13)22-15/h2-7,10,21H,8-9H2,1H3. The number of hydrogen-bond acceptors (Lipinski definition) is 7. The number of fused-ring (bicyclic) bond motifs is 1. The van der Waals surface area contributed by atoms with Crippen LogP contribution in [0.3, 0.4) is 0 Å². The van der Waals surface area contributed by atoms with E-state index >= 15 is 0 Å². The minimum Gasteiger partial charge on any atom is -0.395 e. The first-order valence-corrected chi connectivity index (χ1v) is 7.62. The van der Waals surface area contributed by atoms with Gasteiger partial charge < -0.3 is 10.0 Å². The molecule has 2 aromatic heterocycles. The highest BCUT2D eigenvalue weighted by Gasteiger charge is 2.02. The van der Waals surface area contributed by atoms with Gasteiger partial charge in [0.05, 0.1) is 22.5 Å². The van der Waals surface area contributed by atoms with Crippen LogP contribution in [0.15, 0.2) is 53.0 Å². The number of pyridine rings is 1. The van der Waals surface area contributed by atoms with Gasteiger partial charge in [-0.25, -0.2) is 4.98 Å². The predicted molar refractivity (Wildman–Crippen MR) is 88.4 cm³/mol. The molecule has 7 heteroatoms. The zero-order valence-electron chi connectivity index (χ0n) is 12.0. The smallest absolute Gasteiger partial charge is 0.231 e. The number of nitrogens with zero attached hydrogens (tertiary/aromatic N) is 5. The van der Waals surface area contributed by atoms with Crippen LogP contribution >= 0.6 is 11.3 Å². The van der Waals surface area contributed by atoms with Crippen molar-refractivity contribution in [2.75, 3.05) is 25.1 Å². The molecule has 112 valence electrons. The second kappa shape index (κ2) is 6.59. The van der Waals surface area contributed by atoms with Crippen LogP contribution in [0.25, 0.3) is 10.2 Å². The summed E-state index contributed by atoms with van der Waals surface area (Å²) in [4.78, 5) is 10.4. The third-order valence-electron chi connectivity index (χ3n) is 3.16. The minimum absolute atomic E-state index is 0.129. The number of aromatic nitrogens is 2. The van der Waals surface area contributed by atoms with Crippen molar-refractivity contribution in [3.8, 4) is 0 Å². The Morgan fingerprint density at radius 3 is 2.73 bits per heavy atom. The van der Waals surface area contributed by atoms with Gasteiger partial charge in [0, 0.05) is 31.7 Å². The average Bonchev–Trinajstić information content (AvgIpc) is 2.96. The highest BCUT2D eigenvalue weighted by Crippen LogP contribution is 2.28. The van der Waals surface area contributed by atoms with E-state index in [2.05, 4.69) is 20.2 Å². The van der Waals surface area contributed by atoms with Crippen molar-refractivity contribution in [2.24, 2.45) is 10.2 Å². The van der Waals surface area contributed by atoms with Crippen molar-refractivity contribution >= 4 is 38.1 Å². The summed E-state index contributed by atoms with van der Waals surface area (Å²) in [5.74, 6) is 0. The molecule has 0 atom stereocenters. The first-order valence-electron chi connectivity index (χ1n) is 6.80. The molecule has 0 unspecified atom stereocenters. The SMILES string of the molecule is CN(CCO)c1ccc(N=Nc2nc3ccncc3s2)cc1. The highest BCUT2D eigenvalue weighted by atomic mass is 32.1. The van der Waals surface area contributed by atoms with Gasteiger partial charge in [0.15, 0.2) is 0 Å². The Balaban J connectivity index is 1.74. The molecule has 0 radical (unpaired) electrons. The van der Waals surface area contributed by atoms with E-state index in [0.29, 0.717) is 11.7 Å². The number of azo groups is 1. The third-order valence-corrected chi connectivity index (χ3v) is 4.05. The summed E-state index contributed by atoms with van der Waals surface area (Å²) in [7, 11) is 1.93. The highest BCUT2D eigenvalue weighted by molar-refractivity contribution is 7.21. The molecule has 3 aromatic rings. The van der Waals surface area contributed by atoms with Crippen LogP contribution in [-0.2, 0) is 0 Å². The van der Waals surface area contributed by atoms with Crippen LogP contribution in [0, 0.1) is 0 Å². The Bertz CT molecular complexity index is 751. The van der Waals surface area contributed by atoms with Crippen LogP contribution in [0.4, 0.5) is 16.5 Å². The molecule has 1 aromatic carbocycles. The van der Waals surface area contributed by atoms with Gasteiger partial charge in [-0.3, -0.25) is 4.98 Å². The van der Waals surface area contributed by atoms with Crippen molar-refractivity contribution in [1.29, 1.82) is 0 Å². The predicted octanol–water partition coefficient (Wildman–Crippen LogP) is 3.54. The Morgan fingerprint density at radius 1 is 1.18 bits per heavy atom. The molecule has 0 aliphatic heterocycles. The molecule has 0 amide bonds. The summed E-state index contributed by atoms with van der Waals surface area (Å²) in [5.41, 5.74) is 2.67. The van der Waals surface area contributed by atoms with Crippen LogP contribution in [0.2, 0.25) is 0 Å². The zero-order chi connectivity index (χ0) is 15.4. The van der Waals surface area contributed by atoms with Gasteiger partial charge in [-0.05, 0) is 30.3 Å². The van der Waals surface area contributed by atoms with Gasteiger partial charge in [0.2, 0.25) is 5.13 Å². The van der Waals surface area contributed by atoms with E-state index in [1.165, 1.54) is 11.3 Å². The third kappa shape index (κ3) is 3.26. The Morgan fingerprint density at radius 2 is 2.00 bits per heavy atom. The summed E-state index contributed by atoms with van der Waals surface area (Å²) < 4.78 is 0.998. The van der Waals surface area contributed by atoms with E-state index in [-0.39, 0.29) is 6.61 Å². The van der Waals surface area contributed by atoms with Crippen LogP contribution in [0.5, 0.6) is 0 Å². The molecular formula is C15H15N5OS. The molecule has 0 saturated carbocycles. The van der Waals surface area contributed by atoms with Gasteiger partial charge in [0.25, 0.3) is 0 Å². The second-order valence-electron chi connectivity index (χ2n) is 4.70. The summed E-state index contributed by atoms with van der Waals surface area (Å²) in [6.45, 7) is 0.727. The maximum Gasteiger partial charge on any atom is 0.231 e. The van der Waals surface area contributed by atoms with Crippen molar-refractivity contribution in [2.45, 2.75) is 0 Å². The lowest BCUT2D eigenvalue weighted by atomic mass is 10.2. The minimum atomic E-state index is 0.129. The van der Waals surface area contributed by atoms with E-state index in [1.54, 1.807) is 12.4 Å². The van der Waals surface area contributed by atoms with E-state index in [9.17, 15) is 0 Å². The lowest BCUT2D eigenvalue weighted by Crippen LogP contribution is -2.20. The Labute approximate surface area is 131 Å². The number of aliphatic hydroxyl groups is 1. The van der Waals surface area contributed by atoms with E-state index in [1.807, 2.05) is 42.3 Å². The fourth-order valence-electron chi connectivity index (χ4n) is 1.96. The molecule has 6 nitrogen and oxygen atoms in total. The number of benzene rings is 1. The molecule has 22 heavy (non-hydrogen) atoms. The van der Waals surface area contributed by atoms with Gasteiger partial charge in [-0.1, -0.05) is 11.3 Å². The number of rotatable bonds is 5. The largest absolute Gasteiger partial charge is 0.395 e. The normalized spacial score (nSPS) is 11.4. The molecule has 0 bridgehead atoms. The summed E-state index contributed by atoms with van der Waals surface area (Å²) in [6, 6.07) is 9.54. The Hall–Kier alpha value is -2.38. The second-order valence-corrected chi connectivity index (χ2v) is 5.71. The van der Waals surface area contributed by atoms with Crippen molar-refractivity contribution in [3.63, 3.8) is 0 Å². The summed E-state index contributed by atoms with van der Waals surface area (Å²) in [5, 5.41) is 17.9. The van der Waals surface area contributed by atoms with Gasteiger partial charge in [-0.15, -0.1) is 10.2 Å². The maximum absolute atomic E-state index is 8.94. The van der Waals surface area contributed by atoms with E-state index in [4.69, 9.17) is 5.11 Å². The topological polar surface area (TPSA) is 74.0 Å². The number of hydrogen-bond donors (Lipinski definition) is 1. The average molecular weight is 313 g/mol. The van der Waals surface area contributed by atoms with Crippen molar-refractivity contribution in [1.82, 2.24) is 9.97 Å². The van der Waals surface area contributed by atoms with Gasteiger partial charge in [0.1, 0.15) is 0 Å². The molecule has 3 rings (SSSR count). The number of likely N-dealkylation sites (N-methyl/N-ethyl adjacent to an activating group) is 1. The molecule has 1 N–H and O–H groups in total. The fraction of sp³-hybridized carbons (Fsp3) is 0.200. The Kier molecular flexibility index (Phi) is 4.36. The lowest BCUT2D eigenvalue weighted by Gasteiger charge is -2.17. The van der Waals surface area contributed by atoms with Crippen LogP contribution in [-0.4, -0.2) is 35.3 Å². The molecule has 2 heterocycles. The monoisotopic (exact) mass is 313 g/mol. The molecule has 0 fully saturated rings. The van der Waals surface area contributed by atoms with Crippen LogP contribution in [0.1, 0.15) is 0 Å². The molecular weight excluding hydrogens is 298 g/mol. The van der Waals surface area contributed by atoms with E-state index in [0.717, 1.165) is 21.6 Å². The number of thiazole rings is 1. The molecule has 0 aliphatic rings. The fourth-order valence-corrected chi connectivity index (χ4v) is 2.72. The maximum atomic E-state index is 8.94. The van der Waals surface area contributed by atoms with Crippen LogP contribution < -0.4 is 4.90 Å². The van der Waals surface area contributed by atoms with Crippen molar-refractivity contribution < 1.29 is 5.11 Å². The number of anilines is 1. The molecule has 0 saturated heterocycles. The molecule has 0 aliphatic carbocycles. The first kappa shape index (κ1) is 14.6. The van der Waals surface area contributed by atoms with Gasteiger partial charge in [-0.2, -0.15) is 0 Å².